The van der Waals surface area contributed by atoms with E-state index >= 15 is 0 Å². The number of nitriles is 1. The molecule has 0 aliphatic carbocycles. The number of anilines is 1. The maximum atomic E-state index is 12.4. The molecule has 0 aromatic heterocycles. The van der Waals surface area contributed by atoms with Gasteiger partial charge in [-0.25, -0.2) is 4.79 Å². The predicted molar refractivity (Wildman–Crippen MR) is 122 cm³/mol. The van der Waals surface area contributed by atoms with E-state index in [1.165, 1.54) is 18.2 Å². The number of nitrogens with one attached hydrogen (secondary N) is 1. The van der Waals surface area contributed by atoms with Gasteiger partial charge in [0.15, 0.2) is 0 Å². The zero-order chi connectivity index (χ0) is 22.8. The summed E-state index contributed by atoms with van der Waals surface area (Å²) in [4.78, 5) is 24.7. The van der Waals surface area contributed by atoms with Gasteiger partial charge in [0.2, 0.25) is 0 Å². The third kappa shape index (κ3) is 6.31. The van der Waals surface area contributed by atoms with E-state index in [1.54, 1.807) is 48.5 Å². The molecule has 6 nitrogen and oxygen atoms in total. The van der Waals surface area contributed by atoms with Gasteiger partial charge in [-0.05, 0) is 66.6 Å². The lowest BCUT2D eigenvalue weighted by molar-refractivity contribution is -0.129. The van der Waals surface area contributed by atoms with Crippen LogP contribution in [-0.4, -0.2) is 18.5 Å². The summed E-state index contributed by atoms with van der Waals surface area (Å²) in [6.45, 7) is 2.65. The molecule has 1 N–H and O–H groups in total. The number of para-hydroxylation sites is 1. The first kappa shape index (κ1) is 22.3. The van der Waals surface area contributed by atoms with E-state index in [-0.39, 0.29) is 17.2 Å². The lowest BCUT2D eigenvalue weighted by atomic mass is 10.1. The fourth-order valence-corrected chi connectivity index (χ4v) is 2.74. The van der Waals surface area contributed by atoms with Crippen molar-refractivity contribution in [1.29, 1.82) is 5.26 Å². The van der Waals surface area contributed by atoms with Crippen LogP contribution < -0.4 is 14.8 Å². The Labute approximate surface area is 186 Å². The number of carbonyl (C=O) groups is 2. The van der Waals surface area contributed by atoms with Gasteiger partial charge in [-0.3, -0.25) is 4.79 Å². The van der Waals surface area contributed by atoms with Crippen LogP contribution in [0.15, 0.2) is 84.4 Å². The topological polar surface area (TPSA) is 88.4 Å². The quantitative estimate of drug-likeness (QED) is 0.230. The fraction of sp³-hybridized carbons (Fsp3) is 0.115. The molecule has 3 aromatic carbocycles. The molecule has 0 unspecified atom stereocenters. The average Bonchev–Trinajstić information content (AvgIpc) is 2.83. The second kappa shape index (κ2) is 11.1. The highest BCUT2D eigenvalue weighted by molar-refractivity contribution is 6.04. The first-order valence-electron chi connectivity index (χ1n) is 10.1. The molecule has 3 aromatic rings. The number of rotatable bonds is 8. The number of carbonyl (C=O) groups excluding carboxylic acids is 2. The Morgan fingerprint density at radius 3 is 2.22 bits per heavy atom. The summed E-state index contributed by atoms with van der Waals surface area (Å²) >= 11 is 0. The van der Waals surface area contributed by atoms with Gasteiger partial charge in [-0.2, -0.15) is 5.26 Å². The lowest BCUT2D eigenvalue weighted by Crippen LogP contribution is -2.12. The van der Waals surface area contributed by atoms with E-state index in [2.05, 4.69) is 5.32 Å². The minimum atomic E-state index is -0.778. The summed E-state index contributed by atoms with van der Waals surface area (Å²) in [5.74, 6) is -0.101. The molecule has 160 valence electrons. The predicted octanol–water partition coefficient (Wildman–Crippen LogP) is 5.24. The zero-order valence-electron chi connectivity index (χ0n) is 17.6. The molecule has 0 spiro atoms. The van der Waals surface area contributed by atoms with Crippen LogP contribution in [0.2, 0.25) is 0 Å². The third-order valence-corrected chi connectivity index (χ3v) is 4.36. The maximum Gasteiger partial charge on any atom is 0.354 e. The Kier molecular flexibility index (Phi) is 7.77. The minimum Gasteiger partial charge on any atom is -0.494 e. The van der Waals surface area contributed by atoms with Gasteiger partial charge in [0.1, 0.15) is 23.1 Å². The van der Waals surface area contributed by atoms with Crippen molar-refractivity contribution in [2.24, 2.45) is 0 Å². The number of nitrogens with zero attached hydrogens (tertiary/aromatic N) is 1. The summed E-state index contributed by atoms with van der Waals surface area (Å²) < 4.78 is 10.8. The monoisotopic (exact) mass is 426 g/mol. The highest BCUT2D eigenvalue weighted by atomic mass is 16.5. The van der Waals surface area contributed by atoms with E-state index in [0.717, 1.165) is 12.2 Å². The zero-order valence-corrected chi connectivity index (χ0v) is 17.6. The number of amides is 1. The summed E-state index contributed by atoms with van der Waals surface area (Å²) in [7, 11) is 0. The number of hydrogen-bond acceptors (Lipinski definition) is 5. The van der Waals surface area contributed by atoms with Crippen LogP contribution in [0.1, 0.15) is 29.3 Å². The van der Waals surface area contributed by atoms with E-state index < -0.39 is 5.97 Å². The molecule has 0 radical (unpaired) electrons. The number of esters is 1. The van der Waals surface area contributed by atoms with Crippen LogP contribution in [0.25, 0.3) is 6.08 Å². The molecule has 0 fully saturated rings. The fourth-order valence-electron chi connectivity index (χ4n) is 2.74. The molecule has 0 aliphatic rings. The van der Waals surface area contributed by atoms with Gasteiger partial charge < -0.3 is 14.8 Å². The molecule has 32 heavy (non-hydrogen) atoms. The van der Waals surface area contributed by atoms with Crippen molar-refractivity contribution in [3.63, 3.8) is 0 Å². The van der Waals surface area contributed by atoms with Gasteiger partial charge in [0.25, 0.3) is 5.91 Å². The van der Waals surface area contributed by atoms with Crippen LogP contribution in [-0.2, 0) is 4.79 Å². The van der Waals surface area contributed by atoms with E-state index in [4.69, 9.17) is 9.47 Å². The van der Waals surface area contributed by atoms with Crippen LogP contribution in [0.3, 0.4) is 0 Å². The second-order valence-corrected chi connectivity index (χ2v) is 6.82. The number of hydrogen-bond donors (Lipinski definition) is 1. The third-order valence-electron chi connectivity index (χ3n) is 4.36. The highest BCUT2D eigenvalue weighted by Crippen LogP contribution is 2.18. The standard InChI is InChI=1S/C26H22N2O4/c1-2-16-31-23-12-8-19(9-13-23)17-21(18-27)26(30)32-24-14-10-20(11-15-24)25(29)28-22-6-4-3-5-7-22/h3-15,17H,2,16H2,1H3,(H,28,29)/b21-17+. The van der Waals surface area contributed by atoms with Crippen LogP contribution in [0.4, 0.5) is 5.69 Å². The Hall–Kier alpha value is -4.37. The Balaban J connectivity index is 1.63. The first-order chi connectivity index (χ1) is 15.6. The lowest BCUT2D eigenvalue weighted by Gasteiger charge is -2.07. The van der Waals surface area contributed by atoms with Gasteiger partial charge in [-0.15, -0.1) is 0 Å². The molecule has 6 heteroatoms. The maximum absolute atomic E-state index is 12.4. The van der Waals surface area contributed by atoms with Gasteiger partial charge >= 0.3 is 5.97 Å². The van der Waals surface area contributed by atoms with Crippen LogP contribution in [0.5, 0.6) is 11.5 Å². The highest BCUT2D eigenvalue weighted by Gasteiger charge is 2.13. The Morgan fingerprint density at radius 1 is 0.938 bits per heavy atom. The molecule has 0 bridgehead atoms. The molecular weight excluding hydrogens is 404 g/mol. The van der Waals surface area contributed by atoms with Crippen LogP contribution >= 0.6 is 0 Å². The average molecular weight is 426 g/mol. The van der Waals surface area contributed by atoms with Gasteiger partial charge in [0, 0.05) is 11.3 Å². The first-order valence-corrected chi connectivity index (χ1v) is 10.1. The van der Waals surface area contributed by atoms with Crippen molar-refractivity contribution in [2.45, 2.75) is 13.3 Å². The summed E-state index contributed by atoms with van der Waals surface area (Å²) in [5.41, 5.74) is 1.63. The van der Waals surface area contributed by atoms with Gasteiger partial charge in [0.05, 0.1) is 6.61 Å². The van der Waals surface area contributed by atoms with Crippen molar-refractivity contribution in [3.8, 4) is 17.6 Å². The largest absolute Gasteiger partial charge is 0.494 e. The number of benzene rings is 3. The van der Waals surface area contributed by atoms with Crippen molar-refractivity contribution in [1.82, 2.24) is 0 Å². The van der Waals surface area contributed by atoms with E-state index in [9.17, 15) is 14.9 Å². The van der Waals surface area contributed by atoms with Crippen molar-refractivity contribution < 1.29 is 19.1 Å². The second-order valence-electron chi connectivity index (χ2n) is 6.82. The molecule has 0 saturated carbocycles. The molecular formula is C26H22N2O4. The van der Waals surface area contributed by atoms with Crippen LogP contribution in [0, 0.1) is 11.3 Å². The minimum absolute atomic E-state index is 0.141. The van der Waals surface area contributed by atoms with Crippen molar-refractivity contribution >= 4 is 23.6 Å². The molecule has 0 heterocycles. The van der Waals surface area contributed by atoms with Crippen molar-refractivity contribution in [2.75, 3.05) is 11.9 Å². The van der Waals surface area contributed by atoms with E-state index in [0.29, 0.717) is 23.4 Å². The Morgan fingerprint density at radius 2 is 1.59 bits per heavy atom. The SMILES string of the molecule is CCCOc1ccc(/C=C(\C#N)C(=O)Oc2ccc(C(=O)Nc3ccccc3)cc2)cc1. The molecule has 3 rings (SSSR count). The summed E-state index contributed by atoms with van der Waals surface area (Å²) in [6, 6.07) is 24.1. The summed E-state index contributed by atoms with van der Waals surface area (Å²) in [6.07, 6.45) is 2.36. The summed E-state index contributed by atoms with van der Waals surface area (Å²) in [5, 5.41) is 12.1. The van der Waals surface area contributed by atoms with Crippen molar-refractivity contribution in [3.05, 3.63) is 95.6 Å². The molecule has 0 saturated heterocycles. The Bertz CT molecular complexity index is 1130. The van der Waals surface area contributed by atoms with E-state index in [1.807, 2.05) is 31.2 Å². The molecule has 1 amide bonds. The smallest absolute Gasteiger partial charge is 0.354 e. The normalized spacial score (nSPS) is 10.7. The number of ether oxygens (including phenoxy) is 2. The van der Waals surface area contributed by atoms with Gasteiger partial charge in [-0.1, -0.05) is 37.3 Å². The molecule has 0 aliphatic heterocycles. The molecule has 0 atom stereocenters.